The predicted octanol–water partition coefficient (Wildman–Crippen LogP) is 0.613. The van der Waals surface area contributed by atoms with Crippen LogP contribution in [-0.2, 0) is 19.6 Å². The van der Waals surface area contributed by atoms with Crippen LogP contribution in [0.1, 0.15) is 6.42 Å². The molecule has 2 aliphatic heterocycles. The van der Waals surface area contributed by atoms with E-state index in [1.807, 2.05) is 0 Å². The maximum Gasteiger partial charge on any atom is 0.252 e. The van der Waals surface area contributed by atoms with Gasteiger partial charge in [-0.25, -0.2) is 8.42 Å². The van der Waals surface area contributed by atoms with Gasteiger partial charge in [-0.05, 0) is 12.1 Å². The van der Waals surface area contributed by atoms with Gasteiger partial charge in [-0.2, -0.15) is 4.31 Å². The van der Waals surface area contributed by atoms with Gasteiger partial charge in [-0.1, -0.05) is 11.6 Å². The number of thiophene rings is 1. The maximum absolute atomic E-state index is 12.5. The molecule has 0 radical (unpaired) electrons. The summed E-state index contributed by atoms with van der Waals surface area (Å²) in [7, 11) is -3.52. The summed E-state index contributed by atoms with van der Waals surface area (Å²) in [5.41, 5.74) is 0. The zero-order valence-corrected chi connectivity index (χ0v) is 15.5. The van der Waals surface area contributed by atoms with Crippen molar-refractivity contribution < 1.29 is 17.9 Å². The van der Waals surface area contributed by atoms with E-state index in [2.05, 4.69) is 5.32 Å². The van der Waals surface area contributed by atoms with E-state index in [-0.39, 0.29) is 16.2 Å². The van der Waals surface area contributed by atoms with Crippen molar-refractivity contribution in [1.29, 1.82) is 0 Å². The second-order valence-electron chi connectivity index (χ2n) is 5.77. The molecule has 2 saturated heterocycles. The summed E-state index contributed by atoms with van der Waals surface area (Å²) in [6.45, 7) is 3.40. The summed E-state index contributed by atoms with van der Waals surface area (Å²) < 4.78 is 32.5. The number of nitrogens with one attached hydrogen (secondary N) is 1. The predicted molar refractivity (Wildman–Crippen MR) is 91.9 cm³/mol. The number of hydrogen-bond acceptors (Lipinski definition) is 6. The van der Waals surface area contributed by atoms with Crippen molar-refractivity contribution in [3.8, 4) is 0 Å². The fourth-order valence-corrected chi connectivity index (χ4v) is 5.89. The molecule has 134 valence electrons. The molecule has 0 spiro atoms. The quantitative estimate of drug-likeness (QED) is 0.811. The average molecular weight is 394 g/mol. The molecule has 0 bridgehead atoms. The number of sulfonamides is 1. The Morgan fingerprint density at radius 2 is 2.08 bits per heavy atom. The Morgan fingerprint density at radius 3 is 2.67 bits per heavy atom. The van der Waals surface area contributed by atoms with Gasteiger partial charge in [0, 0.05) is 45.2 Å². The lowest BCUT2D eigenvalue weighted by atomic mass is 10.1. The Balaban J connectivity index is 1.54. The highest BCUT2D eigenvalue weighted by molar-refractivity contribution is 7.91. The molecule has 7 nitrogen and oxygen atoms in total. The lowest BCUT2D eigenvalue weighted by molar-refractivity contribution is -0.133. The first-order valence-electron chi connectivity index (χ1n) is 7.81. The molecule has 2 aliphatic rings. The molecule has 1 aromatic rings. The fraction of sp³-hybridized carbons (Fsp3) is 0.643. The van der Waals surface area contributed by atoms with E-state index in [4.69, 9.17) is 16.3 Å². The number of morpholine rings is 1. The van der Waals surface area contributed by atoms with Gasteiger partial charge in [0.25, 0.3) is 10.0 Å². The Morgan fingerprint density at radius 1 is 1.33 bits per heavy atom. The van der Waals surface area contributed by atoms with Crippen molar-refractivity contribution in [3.05, 3.63) is 16.5 Å². The molecule has 0 aromatic carbocycles. The standard InChI is InChI=1S/C14H20ClN3O4S2/c15-12-1-2-14(23-12)24(20,21)18-6-4-17(5-7-18)13(19)9-11-10-22-8-3-16-11/h1-2,11,16H,3-10H2. The molecule has 1 amide bonds. The smallest absolute Gasteiger partial charge is 0.252 e. The third-order valence-corrected chi connectivity index (χ3v) is 7.75. The van der Waals surface area contributed by atoms with Crippen LogP contribution in [0.4, 0.5) is 0 Å². The van der Waals surface area contributed by atoms with Crippen LogP contribution in [0.3, 0.4) is 0 Å². The SMILES string of the molecule is O=C(CC1COCCN1)N1CCN(S(=O)(=O)c2ccc(Cl)s2)CC1. The van der Waals surface area contributed by atoms with E-state index < -0.39 is 10.0 Å². The van der Waals surface area contributed by atoms with Crippen LogP contribution in [-0.4, -0.2) is 75.5 Å². The number of rotatable bonds is 4. The molecule has 24 heavy (non-hydrogen) atoms. The van der Waals surface area contributed by atoms with Crippen molar-refractivity contribution in [2.24, 2.45) is 0 Å². The van der Waals surface area contributed by atoms with Gasteiger partial charge in [0.05, 0.1) is 17.6 Å². The number of ether oxygens (including phenoxy) is 1. The van der Waals surface area contributed by atoms with E-state index in [9.17, 15) is 13.2 Å². The van der Waals surface area contributed by atoms with Crippen molar-refractivity contribution in [1.82, 2.24) is 14.5 Å². The van der Waals surface area contributed by atoms with Gasteiger partial charge in [0.1, 0.15) is 4.21 Å². The summed E-state index contributed by atoms with van der Waals surface area (Å²) in [5, 5.41) is 3.26. The van der Waals surface area contributed by atoms with Crippen LogP contribution in [0.5, 0.6) is 0 Å². The lowest BCUT2D eigenvalue weighted by Gasteiger charge is -2.35. The highest BCUT2D eigenvalue weighted by Crippen LogP contribution is 2.28. The summed E-state index contributed by atoms with van der Waals surface area (Å²) in [6.07, 6.45) is 0.382. The van der Waals surface area contributed by atoms with Crippen LogP contribution >= 0.6 is 22.9 Å². The highest BCUT2D eigenvalue weighted by Gasteiger charge is 2.31. The molecule has 3 rings (SSSR count). The molecule has 3 heterocycles. The van der Waals surface area contributed by atoms with Crippen LogP contribution in [0.25, 0.3) is 0 Å². The van der Waals surface area contributed by atoms with Gasteiger partial charge in [-0.15, -0.1) is 11.3 Å². The number of carbonyl (C=O) groups excluding carboxylic acids is 1. The second kappa shape index (κ2) is 7.67. The normalized spacial score (nSPS) is 23.4. The number of halogens is 1. The van der Waals surface area contributed by atoms with E-state index in [1.54, 1.807) is 11.0 Å². The molecule has 2 fully saturated rings. The molecule has 0 aliphatic carbocycles. The monoisotopic (exact) mass is 393 g/mol. The summed E-state index contributed by atoms with van der Waals surface area (Å²) >= 11 is 6.88. The van der Waals surface area contributed by atoms with Crippen LogP contribution in [0, 0.1) is 0 Å². The van der Waals surface area contributed by atoms with Gasteiger partial charge >= 0.3 is 0 Å². The van der Waals surface area contributed by atoms with Gasteiger partial charge in [0.15, 0.2) is 0 Å². The van der Waals surface area contributed by atoms with Gasteiger partial charge in [-0.3, -0.25) is 4.79 Å². The summed E-state index contributed by atoms with van der Waals surface area (Å²) in [5.74, 6) is 0.0363. The molecule has 10 heteroatoms. The minimum absolute atomic E-state index is 0.0363. The van der Waals surface area contributed by atoms with Gasteiger partial charge in [0.2, 0.25) is 5.91 Å². The molecule has 1 unspecified atom stereocenters. The molecule has 1 N–H and O–H groups in total. The number of hydrogen-bond donors (Lipinski definition) is 1. The van der Waals surface area contributed by atoms with Crippen molar-refractivity contribution in [3.63, 3.8) is 0 Å². The first-order chi connectivity index (χ1) is 11.5. The number of amides is 1. The lowest BCUT2D eigenvalue weighted by Crippen LogP contribution is -2.52. The van der Waals surface area contributed by atoms with E-state index in [1.165, 1.54) is 10.4 Å². The molecular formula is C14H20ClN3O4S2. The van der Waals surface area contributed by atoms with E-state index in [0.717, 1.165) is 17.9 Å². The average Bonchev–Trinajstić information content (AvgIpc) is 3.03. The molecule has 0 saturated carbocycles. The van der Waals surface area contributed by atoms with Gasteiger partial charge < -0.3 is 15.0 Å². The Hall–Kier alpha value is -0.710. The van der Waals surface area contributed by atoms with Crippen LogP contribution < -0.4 is 5.32 Å². The van der Waals surface area contributed by atoms with Crippen LogP contribution in [0.2, 0.25) is 4.34 Å². The zero-order chi connectivity index (χ0) is 17.2. The first-order valence-corrected chi connectivity index (χ1v) is 10.4. The van der Waals surface area contributed by atoms with Crippen LogP contribution in [0.15, 0.2) is 16.3 Å². The third kappa shape index (κ3) is 4.09. The Bertz CT molecular complexity index is 680. The molecular weight excluding hydrogens is 374 g/mol. The van der Waals surface area contributed by atoms with Crippen molar-refractivity contribution in [2.45, 2.75) is 16.7 Å². The topological polar surface area (TPSA) is 79.0 Å². The molecule has 1 aromatic heterocycles. The third-order valence-electron chi connectivity index (χ3n) is 4.15. The summed E-state index contributed by atoms with van der Waals surface area (Å²) in [6, 6.07) is 3.15. The van der Waals surface area contributed by atoms with Crippen molar-refractivity contribution >= 4 is 38.9 Å². The number of carbonyl (C=O) groups is 1. The second-order valence-corrected chi connectivity index (χ2v) is 9.65. The minimum Gasteiger partial charge on any atom is -0.378 e. The zero-order valence-electron chi connectivity index (χ0n) is 13.1. The highest BCUT2D eigenvalue weighted by atomic mass is 35.5. The largest absolute Gasteiger partial charge is 0.378 e. The van der Waals surface area contributed by atoms with Crippen molar-refractivity contribution in [2.75, 3.05) is 45.9 Å². The van der Waals surface area contributed by atoms with E-state index in [0.29, 0.717) is 50.1 Å². The Labute approximate surface area is 150 Å². The Kier molecular flexibility index (Phi) is 5.78. The molecule has 1 atom stereocenters. The number of piperazine rings is 1. The summed E-state index contributed by atoms with van der Waals surface area (Å²) in [4.78, 5) is 14.1. The number of nitrogens with zero attached hydrogens (tertiary/aromatic N) is 2. The fourth-order valence-electron chi connectivity index (χ4n) is 2.83. The first kappa shape index (κ1) is 18.1. The minimum atomic E-state index is -3.52. The maximum atomic E-state index is 12.5. The van der Waals surface area contributed by atoms with E-state index >= 15 is 0 Å².